The van der Waals surface area contributed by atoms with Crippen LogP contribution in [0, 0.1) is 11.8 Å². The third-order valence-electron chi connectivity index (χ3n) is 3.88. The summed E-state index contributed by atoms with van der Waals surface area (Å²) in [5.74, 6) is 0.209. The predicted molar refractivity (Wildman–Crippen MR) is 78.6 cm³/mol. The summed E-state index contributed by atoms with van der Waals surface area (Å²) in [6.07, 6.45) is 0.504. The highest BCUT2D eigenvalue weighted by atomic mass is 16.7. The van der Waals surface area contributed by atoms with Gasteiger partial charge in [0.15, 0.2) is 11.6 Å². The van der Waals surface area contributed by atoms with Crippen molar-refractivity contribution in [3.05, 3.63) is 35.9 Å². The molecule has 0 bridgehead atoms. The smallest absolute Gasteiger partial charge is 0.163 e. The molecule has 110 valence electrons. The first-order valence-electron chi connectivity index (χ1n) is 7.29. The molecule has 0 aliphatic carbocycles. The van der Waals surface area contributed by atoms with Crippen molar-refractivity contribution in [1.82, 2.24) is 0 Å². The third kappa shape index (κ3) is 3.68. The van der Waals surface area contributed by atoms with Crippen molar-refractivity contribution in [2.45, 2.75) is 46.0 Å². The van der Waals surface area contributed by atoms with Gasteiger partial charge in [-0.15, -0.1) is 0 Å². The van der Waals surface area contributed by atoms with Crippen molar-refractivity contribution in [2.24, 2.45) is 11.8 Å². The Morgan fingerprint density at radius 3 is 2.45 bits per heavy atom. The van der Waals surface area contributed by atoms with E-state index in [0.717, 1.165) is 5.56 Å². The van der Waals surface area contributed by atoms with Gasteiger partial charge >= 0.3 is 0 Å². The van der Waals surface area contributed by atoms with E-state index in [1.54, 1.807) is 0 Å². The second-order valence-electron chi connectivity index (χ2n) is 6.27. The number of rotatable bonds is 5. The van der Waals surface area contributed by atoms with Gasteiger partial charge < -0.3 is 9.47 Å². The van der Waals surface area contributed by atoms with Crippen molar-refractivity contribution in [2.75, 3.05) is 6.61 Å². The number of Topliss-reactive ketones (excluding diaryl/α,β-unsaturated/α-hetero) is 1. The molecule has 2 rings (SSSR count). The van der Waals surface area contributed by atoms with Crippen LogP contribution in [0.3, 0.4) is 0 Å². The molecule has 3 nitrogen and oxygen atoms in total. The summed E-state index contributed by atoms with van der Waals surface area (Å²) < 4.78 is 11.6. The molecule has 0 spiro atoms. The van der Waals surface area contributed by atoms with Crippen LogP contribution in [0.15, 0.2) is 30.3 Å². The molecular weight excluding hydrogens is 252 g/mol. The minimum absolute atomic E-state index is 0.00216. The molecule has 1 fully saturated rings. The third-order valence-corrected chi connectivity index (χ3v) is 3.88. The summed E-state index contributed by atoms with van der Waals surface area (Å²) >= 11 is 0. The molecule has 1 heterocycles. The van der Waals surface area contributed by atoms with Gasteiger partial charge in [0.2, 0.25) is 0 Å². The molecular formula is C17H24O3. The minimum Gasteiger partial charge on any atom is -0.348 e. The summed E-state index contributed by atoms with van der Waals surface area (Å²) in [5.41, 5.74) is 0.774. The Labute approximate surface area is 121 Å². The number of hydrogen-bond acceptors (Lipinski definition) is 3. The zero-order valence-corrected chi connectivity index (χ0v) is 12.8. The van der Waals surface area contributed by atoms with E-state index >= 15 is 0 Å². The molecule has 1 aliphatic rings. The Balaban J connectivity index is 2.05. The summed E-state index contributed by atoms with van der Waals surface area (Å²) in [4.78, 5) is 12.4. The number of ketones is 1. The first kappa shape index (κ1) is 15.2. The lowest BCUT2D eigenvalue weighted by atomic mass is 9.85. The number of carbonyl (C=O) groups excluding carboxylic acids is 1. The fourth-order valence-electron chi connectivity index (χ4n) is 2.68. The Morgan fingerprint density at radius 2 is 1.95 bits per heavy atom. The summed E-state index contributed by atoms with van der Waals surface area (Å²) in [7, 11) is 0. The first-order valence-corrected chi connectivity index (χ1v) is 7.29. The second kappa shape index (κ2) is 6.06. The van der Waals surface area contributed by atoms with Crippen LogP contribution in [0.2, 0.25) is 0 Å². The molecule has 20 heavy (non-hydrogen) atoms. The average molecular weight is 276 g/mol. The topological polar surface area (TPSA) is 35.5 Å². The fourth-order valence-corrected chi connectivity index (χ4v) is 2.68. The van der Waals surface area contributed by atoms with Gasteiger partial charge in [-0.05, 0) is 25.7 Å². The second-order valence-corrected chi connectivity index (χ2v) is 6.27. The molecule has 3 heteroatoms. The largest absolute Gasteiger partial charge is 0.348 e. The molecule has 2 atom stereocenters. The van der Waals surface area contributed by atoms with Gasteiger partial charge in [0, 0.05) is 12.0 Å². The predicted octanol–water partition coefficient (Wildman–Crippen LogP) is 3.68. The maximum absolute atomic E-state index is 12.4. The summed E-state index contributed by atoms with van der Waals surface area (Å²) in [6.45, 7) is 8.68. The molecule has 2 unspecified atom stereocenters. The number of carbonyl (C=O) groups is 1. The zero-order valence-electron chi connectivity index (χ0n) is 12.8. The van der Waals surface area contributed by atoms with Crippen LogP contribution < -0.4 is 0 Å². The number of benzene rings is 1. The van der Waals surface area contributed by atoms with Crippen molar-refractivity contribution >= 4 is 5.78 Å². The maximum atomic E-state index is 12.4. The van der Waals surface area contributed by atoms with E-state index in [1.807, 2.05) is 44.2 Å². The molecule has 1 aromatic rings. The summed E-state index contributed by atoms with van der Waals surface area (Å²) in [6, 6.07) is 9.46. The highest BCUT2D eigenvalue weighted by Gasteiger charge is 2.39. The minimum atomic E-state index is -0.534. The van der Waals surface area contributed by atoms with Crippen LogP contribution in [0.4, 0.5) is 0 Å². The van der Waals surface area contributed by atoms with Gasteiger partial charge in [-0.2, -0.15) is 0 Å². The van der Waals surface area contributed by atoms with Gasteiger partial charge in [0.25, 0.3) is 0 Å². The van der Waals surface area contributed by atoms with E-state index in [-0.39, 0.29) is 17.8 Å². The Bertz CT molecular complexity index is 451. The molecule has 0 saturated carbocycles. The Kier molecular flexibility index (Phi) is 4.61. The molecule has 1 aromatic carbocycles. The average Bonchev–Trinajstić information content (AvgIpc) is 2.76. The maximum Gasteiger partial charge on any atom is 0.163 e. The Morgan fingerprint density at radius 1 is 1.30 bits per heavy atom. The quantitative estimate of drug-likeness (QED) is 0.770. The van der Waals surface area contributed by atoms with E-state index in [0.29, 0.717) is 18.9 Å². The van der Waals surface area contributed by atoms with Crippen LogP contribution in [0.1, 0.15) is 44.5 Å². The van der Waals surface area contributed by atoms with E-state index in [1.165, 1.54) is 0 Å². The molecule has 1 aliphatic heterocycles. The molecule has 0 radical (unpaired) electrons. The zero-order chi connectivity index (χ0) is 14.8. The lowest BCUT2D eigenvalue weighted by Gasteiger charge is -2.26. The molecule has 1 saturated heterocycles. The van der Waals surface area contributed by atoms with Crippen LogP contribution in [0.5, 0.6) is 0 Å². The van der Waals surface area contributed by atoms with E-state index in [4.69, 9.17) is 9.47 Å². The van der Waals surface area contributed by atoms with Gasteiger partial charge in [0.1, 0.15) is 0 Å². The normalized spacial score (nSPS) is 22.9. The fraction of sp³-hybridized carbons (Fsp3) is 0.588. The number of hydrogen-bond donors (Lipinski definition) is 0. The standard InChI is InChI=1S/C17H24O3/c1-12(2)14(16-11-19-17(3,4)20-16)10-15(18)13-8-6-5-7-9-13/h5-9,12,14,16H,10-11H2,1-4H3. The SMILES string of the molecule is CC(C)C(CC(=O)c1ccccc1)C1COC(C)(C)O1. The van der Waals surface area contributed by atoms with Gasteiger partial charge in [0.05, 0.1) is 12.7 Å². The highest BCUT2D eigenvalue weighted by Crippen LogP contribution is 2.32. The van der Waals surface area contributed by atoms with Crippen molar-refractivity contribution in [1.29, 1.82) is 0 Å². The monoisotopic (exact) mass is 276 g/mol. The number of ether oxygens (including phenoxy) is 2. The van der Waals surface area contributed by atoms with Crippen molar-refractivity contribution < 1.29 is 14.3 Å². The van der Waals surface area contributed by atoms with Crippen molar-refractivity contribution in [3.8, 4) is 0 Å². The molecule has 0 amide bonds. The lowest BCUT2D eigenvalue weighted by Crippen LogP contribution is -2.31. The van der Waals surface area contributed by atoms with Gasteiger partial charge in [-0.3, -0.25) is 4.79 Å². The Hall–Kier alpha value is -1.19. The van der Waals surface area contributed by atoms with E-state index in [9.17, 15) is 4.79 Å². The molecule has 0 aromatic heterocycles. The van der Waals surface area contributed by atoms with Crippen LogP contribution in [0.25, 0.3) is 0 Å². The summed E-state index contributed by atoms with van der Waals surface area (Å²) in [5, 5.41) is 0. The van der Waals surface area contributed by atoms with Crippen LogP contribution in [-0.2, 0) is 9.47 Å². The lowest BCUT2D eigenvalue weighted by molar-refractivity contribution is -0.146. The highest BCUT2D eigenvalue weighted by molar-refractivity contribution is 5.96. The van der Waals surface area contributed by atoms with E-state index < -0.39 is 5.79 Å². The van der Waals surface area contributed by atoms with Crippen molar-refractivity contribution in [3.63, 3.8) is 0 Å². The van der Waals surface area contributed by atoms with Gasteiger partial charge in [-0.25, -0.2) is 0 Å². The van der Waals surface area contributed by atoms with Gasteiger partial charge in [-0.1, -0.05) is 44.2 Å². The van der Waals surface area contributed by atoms with E-state index in [2.05, 4.69) is 13.8 Å². The van der Waals surface area contributed by atoms with Crippen LogP contribution >= 0.6 is 0 Å². The molecule has 0 N–H and O–H groups in total. The first-order chi connectivity index (χ1) is 9.39. The van der Waals surface area contributed by atoms with Crippen LogP contribution in [-0.4, -0.2) is 24.3 Å².